The lowest BCUT2D eigenvalue weighted by molar-refractivity contribution is -0.114. The van der Waals surface area contributed by atoms with Gasteiger partial charge in [0.25, 0.3) is 0 Å². The van der Waals surface area contributed by atoms with Crippen molar-refractivity contribution in [2.24, 2.45) is 11.5 Å². The minimum absolute atomic E-state index is 0.250. The minimum Gasteiger partial charge on any atom is -0.397 e. The maximum absolute atomic E-state index is 9.47. The summed E-state index contributed by atoms with van der Waals surface area (Å²) in [5.74, 6) is -0.963. The molecule has 0 heterocycles. The number of primary amides is 2. The second-order valence-corrected chi connectivity index (χ2v) is 1.53. The molecule has 0 saturated heterocycles. The van der Waals surface area contributed by atoms with Crippen molar-refractivity contribution >= 4 is 11.8 Å². The summed E-state index contributed by atoms with van der Waals surface area (Å²) in [5, 5.41) is 7.57. The molecule has 0 unspecified atom stereocenters. The fourth-order valence-corrected chi connectivity index (χ4v) is 0. The Morgan fingerprint density at radius 3 is 1.31 bits per heavy atom. The van der Waals surface area contributed by atoms with Gasteiger partial charge in [-0.3, -0.25) is 9.59 Å². The van der Waals surface area contributed by atoms with Gasteiger partial charge in [-0.15, -0.1) is 0 Å². The number of rotatable bonds is 2. The molecule has 0 bridgehead atoms. The van der Waals surface area contributed by atoms with Crippen LogP contribution in [-0.4, -0.2) is 23.5 Å². The lowest BCUT2D eigenvalue weighted by atomic mass is 10.6. The van der Waals surface area contributed by atoms with E-state index in [1.165, 1.54) is 0 Å². The topological polar surface area (TPSA) is 106 Å². The number of aliphatic hydroxyl groups excluding tert-OH is 1. The molecule has 0 aromatic carbocycles. The van der Waals surface area contributed by atoms with E-state index in [1.807, 2.05) is 0 Å². The van der Waals surface area contributed by atoms with E-state index >= 15 is 0 Å². The Morgan fingerprint density at radius 2 is 1.31 bits per heavy atom. The Balaban J connectivity index is -0.000000120. The summed E-state index contributed by atoms with van der Waals surface area (Å²) in [5.41, 5.74) is 9.07. The molecule has 2 amide bonds. The van der Waals surface area contributed by atoms with E-state index in [0.717, 1.165) is 12.2 Å². The second-order valence-electron chi connectivity index (χ2n) is 1.53. The molecular formula is C8H16N2O3. The van der Waals surface area contributed by atoms with Crippen LogP contribution in [0.2, 0.25) is 0 Å². The number of carbonyl (C=O) groups is 2. The molecule has 5 heteroatoms. The lowest BCUT2D eigenvalue weighted by Crippen LogP contribution is -2.04. The number of aliphatic hydroxyl groups is 1. The zero-order valence-corrected chi connectivity index (χ0v) is 7.69. The van der Waals surface area contributed by atoms with Crippen molar-refractivity contribution in [3.8, 4) is 0 Å². The van der Waals surface area contributed by atoms with E-state index in [-0.39, 0.29) is 6.61 Å². The summed E-state index contributed by atoms with van der Waals surface area (Å²) in [4.78, 5) is 18.9. The fourth-order valence-electron chi connectivity index (χ4n) is 0. The highest BCUT2D eigenvalue weighted by atomic mass is 16.2. The van der Waals surface area contributed by atoms with Crippen molar-refractivity contribution < 1.29 is 14.7 Å². The number of hydrogen-bond acceptors (Lipinski definition) is 3. The molecule has 0 fully saturated rings. The molecule has 0 rings (SSSR count). The van der Waals surface area contributed by atoms with Gasteiger partial charge >= 0.3 is 0 Å². The van der Waals surface area contributed by atoms with Crippen molar-refractivity contribution in [3.63, 3.8) is 0 Å². The summed E-state index contributed by atoms with van der Waals surface area (Å²) in [6.45, 7) is 8.10. The predicted octanol–water partition coefficient (Wildman–Crippen LogP) is -0.686. The number of nitrogens with two attached hydrogens (primary N) is 2. The van der Waals surface area contributed by atoms with Crippen LogP contribution in [0.5, 0.6) is 0 Å². The Morgan fingerprint density at radius 1 is 1.23 bits per heavy atom. The van der Waals surface area contributed by atoms with Gasteiger partial charge in [0.05, 0.1) is 0 Å². The molecule has 0 atom stereocenters. The van der Waals surface area contributed by atoms with Crippen molar-refractivity contribution in [2.45, 2.75) is 6.92 Å². The Hall–Kier alpha value is -1.62. The number of carbonyl (C=O) groups excluding carboxylic acids is 2. The summed E-state index contributed by atoms with van der Waals surface area (Å²) in [6, 6.07) is 0. The van der Waals surface area contributed by atoms with Crippen LogP contribution in [0.1, 0.15) is 6.92 Å². The van der Waals surface area contributed by atoms with E-state index in [0.29, 0.717) is 0 Å². The van der Waals surface area contributed by atoms with Gasteiger partial charge in [0.2, 0.25) is 11.8 Å². The molecule has 0 saturated carbocycles. The van der Waals surface area contributed by atoms with E-state index in [4.69, 9.17) is 5.11 Å². The third kappa shape index (κ3) is 129. The maximum atomic E-state index is 9.47. The van der Waals surface area contributed by atoms with Crippen molar-refractivity contribution in [1.82, 2.24) is 0 Å². The molecule has 76 valence electrons. The average Bonchev–Trinajstić information content (AvgIpc) is 2.07. The fraction of sp³-hybridized carbons (Fsp3) is 0.250. The van der Waals surface area contributed by atoms with Gasteiger partial charge in [0.15, 0.2) is 0 Å². The molecule has 0 aliphatic carbocycles. The quantitative estimate of drug-likeness (QED) is 0.499. The Bertz CT molecular complexity index is 149. The van der Waals surface area contributed by atoms with Crippen LogP contribution in [0.15, 0.2) is 25.3 Å². The molecule has 5 nitrogen and oxygen atoms in total. The molecule has 0 aliphatic heterocycles. The molecule has 5 N–H and O–H groups in total. The highest BCUT2D eigenvalue weighted by Gasteiger charge is 1.69. The van der Waals surface area contributed by atoms with Gasteiger partial charge in [-0.25, -0.2) is 0 Å². The first-order valence-corrected chi connectivity index (χ1v) is 3.40. The van der Waals surface area contributed by atoms with Crippen LogP contribution in [0.4, 0.5) is 0 Å². The van der Waals surface area contributed by atoms with Gasteiger partial charge in [0.1, 0.15) is 0 Å². The van der Waals surface area contributed by atoms with Crippen LogP contribution in [0.3, 0.4) is 0 Å². The third-order valence-electron chi connectivity index (χ3n) is 0.402. The van der Waals surface area contributed by atoms with Crippen LogP contribution in [0, 0.1) is 0 Å². The third-order valence-corrected chi connectivity index (χ3v) is 0.402. The number of hydrogen-bond donors (Lipinski definition) is 3. The summed E-state index contributed by atoms with van der Waals surface area (Å²) in [6.07, 6.45) is 2.11. The predicted molar refractivity (Wildman–Crippen MR) is 51.5 cm³/mol. The zero-order chi connectivity index (χ0) is 11.3. The minimum atomic E-state index is -0.481. The van der Waals surface area contributed by atoms with E-state index in [9.17, 15) is 9.59 Å². The monoisotopic (exact) mass is 188 g/mol. The van der Waals surface area contributed by atoms with Crippen LogP contribution in [0.25, 0.3) is 0 Å². The van der Waals surface area contributed by atoms with Crippen LogP contribution >= 0.6 is 0 Å². The highest BCUT2D eigenvalue weighted by Crippen LogP contribution is 1.49. The smallest absolute Gasteiger partial charge is 0.240 e. The molecule has 0 spiro atoms. The standard InChI is InChI=1S/2C3H5NO.C2H6O/c2*1-2-3(4)5;1-2-3/h2*2H,1H2,(H2,4,5);3H,2H2,1H3. The van der Waals surface area contributed by atoms with Gasteiger partial charge in [-0.1, -0.05) is 13.2 Å². The first kappa shape index (κ1) is 17.5. The number of amides is 2. The first-order chi connectivity index (χ1) is 5.95. The SMILES string of the molecule is C=CC(N)=O.C=CC(N)=O.CCO. The van der Waals surface area contributed by atoms with Crippen LogP contribution < -0.4 is 11.5 Å². The molecule has 13 heavy (non-hydrogen) atoms. The molecule has 0 radical (unpaired) electrons. The van der Waals surface area contributed by atoms with Crippen LogP contribution in [-0.2, 0) is 9.59 Å². The highest BCUT2D eigenvalue weighted by molar-refractivity contribution is 5.85. The van der Waals surface area contributed by atoms with E-state index in [1.54, 1.807) is 6.92 Å². The van der Waals surface area contributed by atoms with Gasteiger partial charge < -0.3 is 16.6 Å². The summed E-state index contributed by atoms with van der Waals surface area (Å²) < 4.78 is 0. The van der Waals surface area contributed by atoms with Crippen molar-refractivity contribution in [1.29, 1.82) is 0 Å². The largest absolute Gasteiger partial charge is 0.397 e. The second kappa shape index (κ2) is 16.8. The molecular weight excluding hydrogens is 172 g/mol. The molecule has 0 aromatic heterocycles. The van der Waals surface area contributed by atoms with Gasteiger partial charge in [0, 0.05) is 6.61 Å². The molecule has 0 aromatic rings. The first-order valence-electron chi connectivity index (χ1n) is 3.40. The Labute approximate surface area is 77.7 Å². The van der Waals surface area contributed by atoms with Crippen molar-refractivity contribution in [2.75, 3.05) is 6.61 Å². The van der Waals surface area contributed by atoms with E-state index < -0.39 is 11.8 Å². The zero-order valence-electron chi connectivity index (χ0n) is 7.69. The summed E-state index contributed by atoms with van der Waals surface area (Å²) in [7, 11) is 0. The molecule has 0 aliphatic rings. The van der Waals surface area contributed by atoms with Gasteiger partial charge in [-0.2, -0.15) is 0 Å². The lowest BCUT2D eigenvalue weighted by Gasteiger charge is -1.65. The van der Waals surface area contributed by atoms with Gasteiger partial charge in [-0.05, 0) is 19.1 Å². The maximum Gasteiger partial charge on any atom is 0.240 e. The van der Waals surface area contributed by atoms with Crippen molar-refractivity contribution in [3.05, 3.63) is 25.3 Å². The average molecular weight is 188 g/mol. The summed E-state index contributed by atoms with van der Waals surface area (Å²) >= 11 is 0. The Kier molecular flexibility index (Phi) is 22.5. The normalized spacial score (nSPS) is 6.31. The van der Waals surface area contributed by atoms with E-state index in [2.05, 4.69) is 24.6 Å².